The number of fused-ring (bicyclic) bond motifs is 2. The van der Waals surface area contributed by atoms with Crippen LogP contribution in [0.25, 0.3) is 0 Å². The normalized spacial score (nSPS) is 18.4. The van der Waals surface area contributed by atoms with Crippen LogP contribution in [0.2, 0.25) is 0 Å². The molecule has 0 N–H and O–H groups in total. The molecule has 0 aromatic heterocycles. The summed E-state index contributed by atoms with van der Waals surface area (Å²) in [5.41, 5.74) is 1.71. The van der Waals surface area contributed by atoms with Crippen molar-refractivity contribution in [3.05, 3.63) is 93.8 Å². The van der Waals surface area contributed by atoms with Gasteiger partial charge in [0.25, 0.3) is 0 Å². The highest BCUT2D eigenvalue weighted by Gasteiger charge is 2.38. The maximum atomic E-state index is 14.3. The van der Waals surface area contributed by atoms with Crippen molar-refractivity contribution in [1.82, 2.24) is 0 Å². The molecule has 0 fully saturated rings. The van der Waals surface area contributed by atoms with Crippen molar-refractivity contribution in [3.63, 3.8) is 0 Å². The first-order chi connectivity index (χ1) is 17.2. The minimum absolute atomic E-state index is 0.0964. The number of ether oxygens (including phenoxy) is 3. The number of methoxy groups -OCH3 is 1. The zero-order valence-electron chi connectivity index (χ0n) is 19.5. The van der Waals surface area contributed by atoms with Gasteiger partial charge in [0.2, 0.25) is 0 Å². The highest BCUT2D eigenvalue weighted by molar-refractivity contribution is 5.71. The molecule has 188 valence electrons. The second kappa shape index (κ2) is 9.48. The highest BCUT2D eigenvalue weighted by Crippen LogP contribution is 2.44. The first kappa shape index (κ1) is 24.2. The van der Waals surface area contributed by atoms with Crippen molar-refractivity contribution in [1.29, 1.82) is 0 Å². The van der Waals surface area contributed by atoms with Crippen molar-refractivity contribution in [3.8, 4) is 11.5 Å². The van der Waals surface area contributed by atoms with Gasteiger partial charge < -0.3 is 14.2 Å². The summed E-state index contributed by atoms with van der Waals surface area (Å²) < 4.78 is 72.5. The topological polar surface area (TPSA) is 44.8 Å². The average Bonchev–Trinajstić information content (AvgIpc) is 3.44. The Morgan fingerprint density at radius 1 is 1.08 bits per heavy atom. The predicted molar refractivity (Wildman–Crippen MR) is 124 cm³/mol. The van der Waals surface area contributed by atoms with E-state index in [4.69, 9.17) is 14.2 Å². The van der Waals surface area contributed by atoms with Crippen LogP contribution in [0.4, 0.5) is 17.6 Å². The molecule has 0 saturated carbocycles. The van der Waals surface area contributed by atoms with E-state index in [9.17, 15) is 22.4 Å². The number of carbonyl (C=O) groups is 1. The number of benzene rings is 3. The van der Waals surface area contributed by atoms with Crippen molar-refractivity contribution in [2.75, 3.05) is 13.7 Å². The van der Waals surface area contributed by atoms with E-state index >= 15 is 0 Å². The molecule has 0 bridgehead atoms. The quantitative estimate of drug-likeness (QED) is 0.285. The number of rotatable bonds is 6. The molecule has 0 radical (unpaired) electrons. The lowest BCUT2D eigenvalue weighted by molar-refractivity contribution is -0.141. The van der Waals surface area contributed by atoms with Gasteiger partial charge in [0.1, 0.15) is 23.4 Å². The summed E-state index contributed by atoms with van der Waals surface area (Å²) in [6.07, 6.45) is -4.02. The van der Waals surface area contributed by atoms with E-state index in [-0.39, 0.29) is 35.9 Å². The van der Waals surface area contributed by atoms with Crippen LogP contribution >= 0.6 is 0 Å². The predicted octanol–water partition coefficient (Wildman–Crippen LogP) is 6.54. The molecule has 36 heavy (non-hydrogen) atoms. The molecule has 1 aliphatic heterocycles. The molecule has 0 amide bonds. The lowest BCUT2D eigenvalue weighted by Gasteiger charge is -2.20. The van der Waals surface area contributed by atoms with Crippen LogP contribution in [0.3, 0.4) is 0 Å². The third kappa shape index (κ3) is 4.64. The van der Waals surface area contributed by atoms with Gasteiger partial charge >= 0.3 is 12.1 Å². The smallest absolute Gasteiger partial charge is 0.416 e. The molecule has 8 heteroatoms. The Balaban J connectivity index is 1.42. The third-order valence-corrected chi connectivity index (χ3v) is 6.89. The maximum Gasteiger partial charge on any atom is 0.416 e. The summed E-state index contributed by atoms with van der Waals surface area (Å²) in [6, 6.07) is 13.8. The van der Waals surface area contributed by atoms with Gasteiger partial charge in [0.15, 0.2) is 0 Å². The minimum atomic E-state index is -4.55. The molecular formula is C28H24F4O4. The molecule has 0 spiro atoms. The van der Waals surface area contributed by atoms with Crippen LogP contribution in [-0.2, 0) is 28.5 Å². The SMILES string of the molecule is COC(=O)CC1COc2cc(O[C@@H]3CCc4c3ccc(C(F)(F)F)c4Cc3ccccc3F)ccc21. The number of hydrogen-bond acceptors (Lipinski definition) is 4. The highest BCUT2D eigenvalue weighted by atomic mass is 19.4. The molecule has 1 aliphatic carbocycles. The summed E-state index contributed by atoms with van der Waals surface area (Å²) in [5, 5.41) is 0. The van der Waals surface area contributed by atoms with E-state index in [1.54, 1.807) is 18.2 Å². The first-order valence-corrected chi connectivity index (χ1v) is 11.7. The lowest BCUT2D eigenvalue weighted by atomic mass is 9.91. The zero-order chi connectivity index (χ0) is 25.4. The molecule has 1 heterocycles. The van der Waals surface area contributed by atoms with E-state index in [0.717, 1.165) is 11.6 Å². The van der Waals surface area contributed by atoms with Crippen molar-refractivity contribution >= 4 is 5.97 Å². The summed E-state index contributed by atoms with van der Waals surface area (Å²) in [7, 11) is 1.34. The summed E-state index contributed by atoms with van der Waals surface area (Å²) in [6.45, 7) is 0.361. The number of halogens is 4. The van der Waals surface area contributed by atoms with Crippen LogP contribution in [0.1, 0.15) is 58.2 Å². The molecule has 2 atom stereocenters. The second-order valence-electron chi connectivity index (χ2n) is 9.06. The number of carbonyl (C=O) groups excluding carboxylic acids is 1. The third-order valence-electron chi connectivity index (χ3n) is 6.89. The molecule has 2 aliphatic rings. The average molecular weight is 500 g/mol. The molecule has 4 nitrogen and oxygen atoms in total. The maximum absolute atomic E-state index is 14.3. The molecule has 0 saturated heterocycles. The second-order valence-corrected chi connectivity index (χ2v) is 9.06. The Labute approximate surface area is 205 Å². The van der Waals surface area contributed by atoms with Gasteiger partial charge in [-0.2, -0.15) is 13.2 Å². The summed E-state index contributed by atoms with van der Waals surface area (Å²) >= 11 is 0. The standard InChI is InChI=1S/C28H24F4O4/c1-34-27(33)13-17-15-35-26-14-18(6-7-19(17)26)36-25-11-9-20-21(25)8-10-23(28(30,31)32)22(20)12-16-4-2-3-5-24(16)29/h2-8,10,14,17,25H,9,11-13,15H2,1H3/t17?,25-/m1/s1. The Kier molecular flexibility index (Phi) is 6.36. The Bertz CT molecular complexity index is 1300. The summed E-state index contributed by atoms with van der Waals surface area (Å²) in [5.74, 6) is 0.199. The van der Waals surface area contributed by atoms with Gasteiger partial charge in [-0.25, -0.2) is 4.39 Å². The van der Waals surface area contributed by atoms with Crippen LogP contribution in [-0.4, -0.2) is 19.7 Å². The van der Waals surface area contributed by atoms with Crippen molar-refractivity contribution < 1.29 is 36.6 Å². The summed E-state index contributed by atoms with van der Waals surface area (Å²) in [4.78, 5) is 11.6. The molecule has 1 unspecified atom stereocenters. The van der Waals surface area contributed by atoms with E-state index in [1.807, 2.05) is 6.07 Å². The Morgan fingerprint density at radius 3 is 2.61 bits per heavy atom. The van der Waals surface area contributed by atoms with Gasteiger partial charge in [-0.3, -0.25) is 4.79 Å². The number of alkyl halides is 3. The minimum Gasteiger partial charge on any atom is -0.492 e. The van der Waals surface area contributed by atoms with Crippen LogP contribution in [0.15, 0.2) is 54.6 Å². The fourth-order valence-corrected chi connectivity index (χ4v) is 5.11. The molecule has 5 rings (SSSR count). The zero-order valence-corrected chi connectivity index (χ0v) is 19.5. The molecule has 3 aromatic carbocycles. The van der Waals surface area contributed by atoms with Gasteiger partial charge in [-0.15, -0.1) is 0 Å². The Morgan fingerprint density at radius 2 is 1.86 bits per heavy atom. The number of hydrogen-bond donors (Lipinski definition) is 0. The fraction of sp³-hybridized carbons (Fsp3) is 0.321. The van der Waals surface area contributed by atoms with Gasteiger partial charge in [-0.1, -0.05) is 30.3 Å². The largest absolute Gasteiger partial charge is 0.492 e. The van der Waals surface area contributed by atoms with E-state index in [0.29, 0.717) is 42.1 Å². The fourth-order valence-electron chi connectivity index (χ4n) is 5.11. The van der Waals surface area contributed by atoms with Crippen molar-refractivity contribution in [2.45, 2.75) is 43.9 Å². The van der Waals surface area contributed by atoms with Crippen LogP contribution in [0, 0.1) is 5.82 Å². The van der Waals surface area contributed by atoms with E-state index < -0.39 is 23.7 Å². The van der Waals surface area contributed by atoms with Crippen LogP contribution < -0.4 is 9.47 Å². The lowest BCUT2D eigenvalue weighted by Crippen LogP contribution is -2.13. The molecule has 3 aromatic rings. The molecular weight excluding hydrogens is 476 g/mol. The van der Waals surface area contributed by atoms with Gasteiger partial charge in [0, 0.05) is 24.0 Å². The van der Waals surface area contributed by atoms with Crippen molar-refractivity contribution in [2.24, 2.45) is 0 Å². The number of esters is 1. The Hall–Kier alpha value is -3.55. The van der Waals surface area contributed by atoms with Gasteiger partial charge in [-0.05, 0) is 53.3 Å². The van der Waals surface area contributed by atoms with E-state index in [2.05, 4.69) is 0 Å². The first-order valence-electron chi connectivity index (χ1n) is 11.7. The monoisotopic (exact) mass is 500 g/mol. The van der Waals surface area contributed by atoms with Gasteiger partial charge in [0.05, 0.1) is 25.7 Å². The van der Waals surface area contributed by atoms with Crippen LogP contribution in [0.5, 0.6) is 11.5 Å². The van der Waals surface area contributed by atoms with E-state index in [1.165, 1.54) is 31.4 Å².